The van der Waals surface area contributed by atoms with Gasteiger partial charge >= 0.3 is 12.1 Å². The average Bonchev–Trinajstić information content (AvgIpc) is 2.48. The Bertz CT molecular complexity index is 840. The number of aromatic carboxylic acids is 1. The number of aryl methyl sites for hydroxylation is 2. The minimum Gasteiger partial charge on any atom is -0.478 e. The molecule has 2 N–H and O–H groups in total. The molecule has 2 heterocycles. The van der Waals surface area contributed by atoms with E-state index in [9.17, 15) is 9.59 Å². The predicted octanol–water partition coefficient (Wildman–Crippen LogP) is 3.92. The van der Waals surface area contributed by atoms with Crippen molar-refractivity contribution in [1.29, 1.82) is 0 Å². The van der Waals surface area contributed by atoms with E-state index in [-0.39, 0.29) is 16.1 Å². The first-order valence-corrected chi connectivity index (χ1v) is 8.36. The van der Waals surface area contributed by atoms with E-state index in [0.717, 1.165) is 0 Å². The number of aromatic nitrogens is 4. The van der Waals surface area contributed by atoms with E-state index in [1.807, 2.05) is 0 Å². The van der Waals surface area contributed by atoms with Crippen LogP contribution in [0.25, 0.3) is 0 Å². The van der Waals surface area contributed by atoms with Crippen LogP contribution < -0.4 is 5.32 Å². The number of carboxylic acid groups (broad SMARTS) is 1. The molecule has 2 rings (SSSR count). The number of hydrogen-bond donors (Lipinski definition) is 2. The highest BCUT2D eigenvalue weighted by molar-refractivity contribution is 6.28. The van der Waals surface area contributed by atoms with Crippen LogP contribution in [0.5, 0.6) is 0 Å². The summed E-state index contributed by atoms with van der Waals surface area (Å²) in [7, 11) is 0. The molecular formula is C16H19Cl2N5O4. The smallest absolute Gasteiger partial charge is 0.412 e. The molecule has 0 bridgehead atoms. The van der Waals surface area contributed by atoms with Gasteiger partial charge in [0.05, 0.1) is 28.8 Å². The van der Waals surface area contributed by atoms with Crippen molar-refractivity contribution in [1.82, 2.24) is 19.9 Å². The Morgan fingerprint density at radius 3 is 2.00 bits per heavy atom. The van der Waals surface area contributed by atoms with Crippen molar-refractivity contribution < 1.29 is 19.4 Å². The number of halogens is 2. The lowest BCUT2D eigenvalue weighted by molar-refractivity contribution is 0.0633. The van der Waals surface area contributed by atoms with Crippen LogP contribution in [-0.4, -0.2) is 42.7 Å². The number of nitrogens with one attached hydrogen (secondary N) is 1. The fourth-order valence-corrected chi connectivity index (χ4v) is 1.97. The molecule has 2 aromatic heterocycles. The summed E-state index contributed by atoms with van der Waals surface area (Å²) in [5, 5.41) is 11.3. The van der Waals surface area contributed by atoms with Gasteiger partial charge in [-0.15, -0.1) is 0 Å². The summed E-state index contributed by atoms with van der Waals surface area (Å²) in [6.45, 7) is 8.66. The fourth-order valence-electron chi connectivity index (χ4n) is 1.62. The van der Waals surface area contributed by atoms with E-state index in [0.29, 0.717) is 17.1 Å². The van der Waals surface area contributed by atoms with E-state index in [1.54, 1.807) is 34.6 Å². The number of rotatable bonds is 2. The van der Waals surface area contributed by atoms with Crippen molar-refractivity contribution in [2.75, 3.05) is 5.32 Å². The highest BCUT2D eigenvalue weighted by Crippen LogP contribution is 2.15. The monoisotopic (exact) mass is 415 g/mol. The lowest BCUT2D eigenvalue weighted by Crippen LogP contribution is -2.27. The molecule has 146 valence electrons. The minimum absolute atomic E-state index is 0.0625. The van der Waals surface area contributed by atoms with Gasteiger partial charge in [-0.3, -0.25) is 5.32 Å². The second-order valence-corrected chi connectivity index (χ2v) is 6.88. The summed E-state index contributed by atoms with van der Waals surface area (Å²) < 4.78 is 5.09. The average molecular weight is 416 g/mol. The number of carboxylic acids is 1. The summed E-state index contributed by atoms with van der Waals surface area (Å²) >= 11 is 11.0. The largest absolute Gasteiger partial charge is 0.478 e. The maximum Gasteiger partial charge on any atom is 0.412 e. The molecule has 9 nitrogen and oxygen atoms in total. The summed E-state index contributed by atoms with van der Waals surface area (Å²) in [5.41, 5.74) is 0.988. The van der Waals surface area contributed by atoms with Crippen LogP contribution in [0, 0.1) is 13.8 Å². The number of hydrogen-bond acceptors (Lipinski definition) is 7. The van der Waals surface area contributed by atoms with Crippen molar-refractivity contribution in [3.8, 4) is 0 Å². The summed E-state index contributed by atoms with van der Waals surface area (Å²) in [6, 6.07) is 0. The van der Waals surface area contributed by atoms with Crippen molar-refractivity contribution in [3.63, 3.8) is 0 Å². The number of anilines is 1. The molecule has 1 amide bonds. The Hall–Kier alpha value is -2.52. The molecule has 0 aromatic carbocycles. The van der Waals surface area contributed by atoms with Crippen molar-refractivity contribution in [2.45, 2.75) is 40.2 Å². The molecule has 0 saturated heterocycles. The second-order valence-electron chi connectivity index (χ2n) is 6.21. The fraction of sp³-hybridized carbons (Fsp3) is 0.375. The zero-order valence-electron chi connectivity index (χ0n) is 15.4. The highest BCUT2D eigenvalue weighted by Gasteiger charge is 2.17. The SMILES string of the molecule is Cc1nc(Cl)ncc1C(=O)O.Cc1nc(Cl)ncc1NC(=O)OC(C)(C)C. The van der Waals surface area contributed by atoms with Crippen LogP contribution in [-0.2, 0) is 4.74 Å². The van der Waals surface area contributed by atoms with Crippen LogP contribution in [0.3, 0.4) is 0 Å². The number of carbonyl (C=O) groups excluding carboxylic acids is 1. The van der Waals surface area contributed by atoms with E-state index < -0.39 is 17.7 Å². The van der Waals surface area contributed by atoms with Crippen LogP contribution in [0.2, 0.25) is 10.6 Å². The molecule has 0 unspecified atom stereocenters. The Morgan fingerprint density at radius 1 is 1.04 bits per heavy atom. The Kier molecular flexibility index (Phi) is 7.86. The third-order valence-corrected chi connectivity index (χ3v) is 3.13. The molecule has 0 atom stereocenters. The summed E-state index contributed by atoms with van der Waals surface area (Å²) in [6.07, 6.45) is 2.09. The standard InChI is InChI=1S/C10H14ClN3O2.C6H5ClN2O2/c1-6-7(5-12-8(11)13-6)14-9(15)16-10(2,3)4;1-3-4(5(10)11)2-8-6(7)9-3/h5H,1-4H3,(H,14,15);2H,1H3,(H,10,11). The number of ether oxygens (including phenoxy) is 1. The van der Waals surface area contributed by atoms with Crippen molar-refractivity contribution in [2.24, 2.45) is 0 Å². The molecule has 0 aliphatic rings. The highest BCUT2D eigenvalue weighted by atomic mass is 35.5. The first-order chi connectivity index (χ1) is 12.4. The lowest BCUT2D eigenvalue weighted by atomic mass is 10.2. The van der Waals surface area contributed by atoms with Gasteiger partial charge in [-0.05, 0) is 57.8 Å². The third-order valence-electron chi connectivity index (χ3n) is 2.77. The molecule has 0 aliphatic heterocycles. The van der Waals surface area contributed by atoms with E-state index in [1.165, 1.54) is 12.4 Å². The van der Waals surface area contributed by atoms with Crippen LogP contribution >= 0.6 is 23.2 Å². The number of amides is 1. The molecule has 27 heavy (non-hydrogen) atoms. The number of carbonyl (C=O) groups is 2. The first-order valence-electron chi connectivity index (χ1n) is 7.60. The summed E-state index contributed by atoms with van der Waals surface area (Å²) in [5.74, 6) is -1.04. The van der Waals surface area contributed by atoms with Gasteiger partial charge in [-0.2, -0.15) is 0 Å². The molecule has 2 aromatic rings. The Labute approximate surface area is 166 Å². The summed E-state index contributed by atoms with van der Waals surface area (Å²) in [4.78, 5) is 36.7. The second kappa shape index (κ2) is 9.43. The molecule has 0 fully saturated rings. The van der Waals surface area contributed by atoms with Crippen molar-refractivity contribution in [3.05, 3.63) is 39.9 Å². The Balaban J connectivity index is 0.000000289. The minimum atomic E-state index is -1.04. The van der Waals surface area contributed by atoms with Gasteiger partial charge in [0.2, 0.25) is 10.6 Å². The zero-order valence-corrected chi connectivity index (χ0v) is 16.9. The van der Waals surface area contributed by atoms with Crippen LogP contribution in [0.4, 0.5) is 10.5 Å². The van der Waals surface area contributed by atoms with Gasteiger partial charge in [0.15, 0.2) is 0 Å². The van der Waals surface area contributed by atoms with E-state index >= 15 is 0 Å². The van der Waals surface area contributed by atoms with Gasteiger partial charge < -0.3 is 9.84 Å². The normalized spacial score (nSPS) is 10.5. The molecular weight excluding hydrogens is 397 g/mol. The topological polar surface area (TPSA) is 127 Å². The van der Waals surface area contributed by atoms with Gasteiger partial charge in [0.25, 0.3) is 0 Å². The Morgan fingerprint density at radius 2 is 1.56 bits per heavy atom. The van der Waals surface area contributed by atoms with Gasteiger partial charge in [-0.1, -0.05) is 0 Å². The van der Waals surface area contributed by atoms with Crippen LogP contribution in [0.15, 0.2) is 12.4 Å². The van der Waals surface area contributed by atoms with Crippen molar-refractivity contribution >= 4 is 41.0 Å². The van der Waals surface area contributed by atoms with E-state index in [4.69, 9.17) is 33.0 Å². The zero-order chi connectivity index (χ0) is 20.8. The molecule has 0 saturated carbocycles. The van der Waals surface area contributed by atoms with Crippen LogP contribution in [0.1, 0.15) is 42.5 Å². The van der Waals surface area contributed by atoms with Gasteiger partial charge in [0, 0.05) is 6.20 Å². The molecule has 0 radical (unpaired) electrons. The van der Waals surface area contributed by atoms with E-state index in [2.05, 4.69) is 25.3 Å². The van der Waals surface area contributed by atoms with Gasteiger partial charge in [-0.25, -0.2) is 29.5 Å². The van der Waals surface area contributed by atoms with Gasteiger partial charge in [0.1, 0.15) is 5.60 Å². The number of nitrogens with zero attached hydrogens (tertiary/aromatic N) is 4. The lowest BCUT2D eigenvalue weighted by Gasteiger charge is -2.19. The first kappa shape index (κ1) is 22.5. The maximum atomic E-state index is 11.4. The molecule has 11 heteroatoms. The third kappa shape index (κ3) is 8.14. The maximum absolute atomic E-state index is 11.4. The molecule has 0 spiro atoms. The molecule has 0 aliphatic carbocycles. The predicted molar refractivity (Wildman–Crippen MR) is 100 cm³/mol. The quantitative estimate of drug-likeness (QED) is 0.706.